The molecule has 1 amide bonds. The van der Waals surface area contributed by atoms with Crippen molar-refractivity contribution in [2.75, 3.05) is 0 Å². The third-order valence-electron chi connectivity index (χ3n) is 2.47. The van der Waals surface area contributed by atoms with Crippen molar-refractivity contribution in [3.63, 3.8) is 0 Å². The maximum atomic E-state index is 10.8. The molecule has 0 saturated heterocycles. The Labute approximate surface area is 85.1 Å². The SMILES string of the molecule is Cc1ccc(CCC(C)C(N)=O)cc1. The number of hydrogen-bond donors (Lipinski definition) is 1. The van der Waals surface area contributed by atoms with Gasteiger partial charge in [-0.2, -0.15) is 0 Å². The molecule has 0 spiro atoms. The van der Waals surface area contributed by atoms with Crippen LogP contribution < -0.4 is 5.73 Å². The zero-order chi connectivity index (χ0) is 10.6. The van der Waals surface area contributed by atoms with Gasteiger partial charge in [-0.1, -0.05) is 36.8 Å². The molecule has 76 valence electrons. The highest BCUT2D eigenvalue weighted by atomic mass is 16.1. The number of hydrogen-bond acceptors (Lipinski definition) is 1. The molecule has 0 bridgehead atoms. The fourth-order valence-electron chi connectivity index (χ4n) is 1.28. The van der Waals surface area contributed by atoms with Crippen LogP contribution >= 0.6 is 0 Å². The molecule has 0 aliphatic heterocycles. The molecule has 2 heteroatoms. The van der Waals surface area contributed by atoms with Crippen LogP contribution in [0.3, 0.4) is 0 Å². The van der Waals surface area contributed by atoms with E-state index in [-0.39, 0.29) is 11.8 Å². The first-order valence-electron chi connectivity index (χ1n) is 4.94. The van der Waals surface area contributed by atoms with Gasteiger partial charge in [0, 0.05) is 5.92 Å². The zero-order valence-corrected chi connectivity index (χ0v) is 8.79. The van der Waals surface area contributed by atoms with Crippen molar-refractivity contribution in [3.05, 3.63) is 35.4 Å². The topological polar surface area (TPSA) is 43.1 Å². The summed E-state index contributed by atoms with van der Waals surface area (Å²) >= 11 is 0. The maximum Gasteiger partial charge on any atom is 0.220 e. The summed E-state index contributed by atoms with van der Waals surface area (Å²) < 4.78 is 0. The van der Waals surface area contributed by atoms with Gasteiger partial charge in [-0.15, -0.1) is 0 Å². The van der Waals surface area contributed by atoms with E-state index in [4.69, 9.17) is 5.73 Å². The fraction of sp³-hybridized carbons (Fsp3) is 0.417. The molecule has 1 aromatic carbocycles. The lowest BCUT2D eigenvalue weighted by Crippen LogP contribution is -2.20. The van der Waals surface area contributed by atoms with Crippen molar-refractivity contribution in [2.45, 2.75) is 26.7 Å². The van der Waals surface area contributed by atoms with Crippen molar-refractivity contribution in [2.24, 2.45) is 11.7 Å². The standard InChI is InChI=1S/C12H17NO/c1-9-3-6-11(7-4-9)8-5-10(2)12(13)14/h3-4,6-7,10H,5,8H2,1-2H3,(H2,13,14). The first-order valence-corrected chi connectivity index (χ1v) is 4.94. The Balaban J connectivity index is 2.46. The molecule has 0 fully saturated rings. The number of benzene rings is 1. The van der Waals surface area contributed by atoms with Crippen LogP contribution in [0, 0.1) is 12.8 Å². The summed E-state index contributed by atoms with van der Waals surface area (Å²) in [5, 5.41) is 0. The third-order valence-corrected chi connectivity index (χ3v) is 2.47. The van der Waals surface area contributed by atoms with E-state index in [1.807, 2.05) is 6.92 Å². The van der Waals surface area contributed by atoms with Crippen LogP contribution in [-0.2, 0) is 11.2 Å². The number of carbonyl (C=O) groups excluding carboxylic acids is 1. The molecular weight excluding hydrogens is 174 g/mol. The highest BCUT2D eigenvalue weighted by Gasteiger charge is 2.07. The largest absolute Gasteiger partial charge is 0.369 e. The minimum Gasteiger partial charge on any atom is -0.369 e. The highest BCUT2D eigenvalue weighted by Crippen LogP contribution is 2.10. The maximum absolute atomic E-state index is 10.8. The summed E-state index contributed by atoms with van der Waals surface area (Å²) in [5.41, 5.74) is 7.71. The summed E-state index contributed by atoms with van der Waals surface area (Å²) in [4.78, 5) is 10.8. The molecule has 0 radical (unpaired) electrons. The Hall–Kier alpha value is -1.31. The molecule has 0 heterocycles. The Morgan fingerprint density at radius 3 is 2.43 bits per heavy atom. The van der Waals surface area contributed by atoms with Crippen molar-refractivity contribution >= 4 is 5.91 Å². The van der Waals surface area contributed by atoms with Gasteiger partial charge < -0.3 is 5.73 Å². The molecule has 1 rings (SSSR count). The van der Waals surface area contributed by atoms with Gasteiger partial charge in [-0.3, -0.25) is 4.79 Å². The number of aryl methyl sites for hydroxylation is 2. The van der Waals surface area contributed by atoms with E-state index >= 15 is 0 Å². The lowest BCUT2D eigenvalue weighted by molar-refractivity contribution is -0.121. The second kappa shape index (κ2) is 4.80. The Kier molecular flexibility index (Phi) is 3.69. The van der Waals surface area contributed by atoms with Crippen molar-refractivity contribution in [1.82, 2.24) is 0 Å². The average molecular weight is 191 g/mol. The molecule has 1 atom stereocenters. The van der Waals surface area contributed by atoms with Crippen molar-refractivity contribution in [1.29, 1.82) is 0 Å². The van der Waals surface area contributed by atoms with Gasteiger partial charge in [0.05, 0.1) is 0 Å². The molecule has 1 aromatic rings. The van der Waals surface area contributed by atoms with E-state index < -0.39 is 0 Å². The summed E-state index contributed by atoms with van der Waals surface area (Å²) in [7, 11) is 0. The van der Waals surface area contributed by atoms with Crippen LogP contribution in [0.4, 0.5) is 0 Å². The van der Waals surface area contributed by atoms with E-state index in [1.54, 1.807) is 0 Å². The average Bonchev–Trinajstić information content (AvgIpc) is 2.16. The molecule has 0 aliphatic carbocycles. The van der Waals surface area contributed by atoms with Crippen LogP contribution in [-0.4, -0.2) is 5.91 Å². The van der Waals surface area contributed by atoms with Gasteiger partial charge in [0.15, 0.2) is 0 Å². The summed E-state index contributed by atoms with van der Waals surface area (Å²) in [5.74, 6) is -0.242. The van der Waals surface area contributed by atoms with Crippen molar-refractivity contribution < 1.29 is 4.79 Å². The first kappa shape index (κ1) is 10.8. The molecule has 0 aromatic heterocycles. The van der Waals surface area contributed by atoms with Crippen LogP contribution in [0.15, 0.2) is 24.3 Å². The van der Waals surface area contributed by atoms with E-state index in [9.17, 15) is 4.79 Å². The molecule has 2 N–H and O–H groups in total. The van der Waals surface area contributed by atoms with Crippen molar-refractivity contribution in [3.8, 4) is 0 Å². The lowest BCUT2D eigenvalue weighted by atomic mass is 10.0. The van der Waals surface area contributed by atoms with Gasteiger partial charge in [-0.05, 0) is 25.3 Å². The number of rotatable bonds is 4. The van der Waals surface area contributed by atoms with Gasteiger partial charge >= 0.3 is 0 Å². The summed E-state index contributed by atoms with van der Waals surface area (Å²) in [6, 6.07) is 8.38. The van der Waals surface area contributed by atoms with Gasteiger partial charge in [0.1, 0.15) is 0 Å². The van der Waals surface area contributed by atoms with Crippen LogP contribution in [0.1, 0.15) is 24.5 Å². The number of amides is 1. The number of carbonyl (C=O) groups is 1. The van der Waals surface area contributed by atoms with E-state index in [2.05, 4.69) is 31.2 Å². The van der Waals surface area contributed by atoms with Crippen LogP contribution in [0.25, 0.3) is 0 Å². The lowest BCUT2D eigenvalue weighted by Gasteiger charge is -2.06. The minimum absolute atomic E-state index is 0.0312. The second-order valence-electron chi connectivity index (χ2n) is 3.83. The predicted octanol–water partition coefficient (Wildman–Crippen LogP) is 2.05. The van der Waals surface area contributed by atoms with Gasteiger partial charge in [-0.25, -0.2) is 0 Å². The molecule has 14 heavy (non-hydrogen) atoms. The molecule has 0 aliphatic rings. The smallest absolute Gasteiger partial charge is 0.220 e. The summed E-state index contributed by atoms with van der Waals surface area (Å²) in [6.45, 7) is 3.94. The molecular formula is C12H17NO. The fourth-order valence-corrected chi connectivity index (χ4v) is 1.28. The van der Waals surface area contributed by atoms with Gasteiger partial charge in [0.2, 0.25) is 5.91 Å². The Morgan fingerprint density at radius 2 is 1.93 bits per heavy atom. The Bertz CT molecular complexity index is 303. The van der Waals surface area contributed by atoms with Gasteiger partial charge in [0.25, 0.3) is 0 Å². The number of nitrogens with two attached hydrogens (primary N) is 1. The first-order chi connectivity index (χ1) is 6.59. The second-order valence-corrected chi connectivity index (χ2v) is 3.83. The quantitative estimate of drug-likeness (QED) is 0.777. The third kappa shape index (κ3) is 3.21. The molecule has 1 unspecified atom stereocenters. The number of primary amides is 1. The van der Waals surface area contributed by atoms with Crippen LogP contribution in [0.5, 0.6) is 0 Å². The van der Waals surface area contributed by atoms with E-state index in [0.717, 1.165) is 12.8 Å². The van der Waals surface area contributed by atoms with E-state index in [0.29, 0.717) is 0 Å². The van der Waals surface area contributed by atoms with E-state index in [1.165, 1.54) is 11.1 Å². The molecule has 0 saturated carbocycles. The minimum atomic E-state index is -0.211. The normalized spacial score (nSPS) is 12.4. The zero-order valence-electron chi connectivity index (χ0n) is 8.79. The highest BCUT2D eigenvalue weighted by molar-refractivity contribution is 5.76. The monoisotopic (exact) mass is 191 g/mol. The predicted molar refractivity (Wildman–Crippen MR) is 57.9 cm³/mol. The molecule has 2 nitrogen and oxygen atoms in total. The summed E-state index contributed by atoms with van der Waals surface area (Å²) in [6.07, 6.45) is 1.75. The Morgan fingerprint density at radius 1 is 1.36 bits per heavy atom. The van der Waals surface area contributed by atoms with Crippen LogP contribution in [0.2, 0.25) is 0 Å².